The van der Waals surface area contributed by atoms with Crippen LogP contribution in [0, 0.1) is 11.7 Å². The summed E-state index contributed by atoms with van der Waals surface area (Å²) in [5, 5.41) is 0. The Morgan fingerprint density at radius 2 is 1.91 bits per heavy atom. The van der Waals surface area contributed by atoms with Crippen LogP contribution in [0.3, 0.4) is 0 Å². The van der Waals surface area contributed by atoms with Gasteiger partial charge in [-0.3, -0.25) is 9.69 Å². The molecule has 2 aliphatic rings. The molecule has 0 aromatic heterocycles. The number of amides is 1. The smallest absolute Gasteiger partial charge is 0.416 e. The first-order chi connectivity index (χ1) is 15.2. The second-order valence-electron chi connectivity index (χ2n) is 8.57. The Morgan fingerprint density at radius 3 is 2.62 bits per heavy atom. The molecule has 0 spiro atoms. The van der Waals surface area contributed by atoms with E-state index in [-0.39, 0.29) is 30.2 Å². The van der Waals surface area contributed by atoms with E-state index < -0.39 is 11.7 Å². The molecule has 2 atom stereocenters. The number of ether oxygens (including phenoxy) is 1. The molecule has 0 unspecified atom stereocenters. The fourth-order valence-electron chi connectivity index (χ4n) is 4.84. The third-order valence-electron chi connectivity index (χ3n) is 6.49. The Hall–Kier alpha value is -2.61. The fraction of sp³-hybridized carbons (Fsp3) is 0.458. The zero-order valence-corrected chi connectivity index (χ0v) is 17.9. The zero-order valence-electron chi connectivity index (χ0n) is 17.9. The lowest BCUT2D eigenvalue weighted by atomic mass is 9.83. The molecule has 0 aliphatic carbocycles. The molecule has 1 amide bonds. The second kappa shape index (κ2) is 9.10. The quantitative estimate of drug-likeness (QED) is 0.610. The summed E-state index contributed by atoms with van der Waals surface area (Å²) in [7, 11) is 1.49. The molecule has 0 saturated carbocycles. The lowest BCUT2D eigenvalue weighted by Gasteiger charge is -2.47. The number of fused-ring (bicyclic) bond motifs is 1. The highest BCUT2D eigenvalue weighted by Gasteiger charge is 2.39. The van der Waals surface area contributed by atoms with Crippen molar-refractivity contribution in [1.82, 2.24) is 9.80 Å². The van der Waals surface area contributed by atoms with Gasteiger partial charge in [-0.1, -0.05) is 18.2 Å². The maximum Gasteiger partial charge on any atom is 0.416 e. The number of likely N-dealkylation sites (tertiary alicyclic amines) is 2. The summed E-state index contributed by atoms with van der Waals surface area (Å²) >= 11 is 0. The Labute approximate surface area is 184 Å². The van der Waals surface area contributed by atoms with E-state index in [9.17, 15) is 22.4 Å². The van der Waals surface area contributed by atoms with Crippen molar-refractivity contribution in [2.24, 2.45) is 5.92 Å². The van der Waals surface area contributed by atoms with E-state index in [0.717, 1.165) is 25.1 Å². The number of hydrogen-bond donors (Lipinski definition) is 0. The van der Waals surface area contributed by atoms with Crippen molar-refractivity contribution in [3.8, 4) is 5.75 Å². The average Bonchev–Trinajstić information content (AvgIpc) is 2.77. The summed E-state index contributed by atoms with van der Waals surface area (Å²) in [5.41, 5.74) is 0.376. The van der Waals surface area contributed by atoms with Crippen LogP contribution in [-0.4, -0.2) is 41.9 Å². The lowest BCUT2D eigenvalue weighted by Crippen LogP contribution is -2.55. The number of carbonyl (C=O) groups is 1. The van der Waals surface area contributed by atoms with Crippen molar-refractivity contribution < 1.29 is 27.1 Å². The number of carbonyl (C=O) groups excluding carboxylic acids is 1. The van der Waals surface area contributed by atoms with E-state index in [0.29, 0.717) is 42.8 Å². The van der Waals surface area contributed by atoms with Crippen LogP contribution in [0.1, 0.15) is 36.0 Å². The number of rotatable bonds is 5. The number of hydrogen-bond acceptors (Lipinski definition) is 3. The predicted molar refractivity (Wildman–Crippen MR) is 111 cm³/mol. The van der Waals surface area contributed by atoms with Gasteiger partial charge in [0.25, 0.3) is 0 Å². The fourth-order valence-corrected chi connectivity index (χ4v) is 4.84. The lowest BCUT2D eigenvalue weighted by molar-refractivity contribution is -0.142. The summed E-state index contributed by atoms with van der Waals surface area (Å²) < 4.78 is 58.6. The number of alkyl halides is 3. The van der Waals surface area contributed by atoms with Gasteiger partial charge >= 0.3 is 6.18 Å². The normalized spacial score (nSPS) is 22.0. The molecule has 2 aromatic rings. The van der Waals surface area contributed by atoms with E-state index in [2.05, 4.69) is 4.90 Å². The molecule has 2 saturated heterocycles. The van der Waals surface area contributed by atoms with Crippen LogP contribution in [0.5, 0.6) is 5.75 Å². The predicted octanol–water partition coefficient (Wildman–Crippen LogP) is 4.87. The summed E-state index contributed by atoms with van der Waals surface area (Å²) in [5.74, 6) is 0.365. The molecule has 8 heteroatoms. The van der Waals surface area contributed by atoms with Crippen LogP contribution in [0.4, 0.5) is 17.6 Å². The molecule has 2 aromatic carbocycles. The molecule has 0 bridgehead atoms. The van der Waals surface area contributed by atoms with Gasteiger partial charge in [-0.05, 0) is 42.5 Å². The largest absolute Gasteiger partial charge is 0.497 e. The van der Waals surface area contributed by atoms with Gasteiger partial charge in [-0.2, -0.15) is 13.2 Å². The van der Waals surface area contributed by atoms with E-state index in [1.807, 2.05) is 0 Å². The highest BCUT2D eigenvalue weighted by Crippen LogP contribution is 2.34. The molecule has 4 rings (SSSR count). The van der Waals surface area contributed by atoms with Crippen molar-refractivity contribution in [3.05, 3.63) is 65.0 Å². The molecule has 172 valence electrons. The molecule has 4 nitrogen and oxygen atoms in total. The van der Waals surface area contributed by atoms with Crippen LogP contribution >= 0.6 is 0 Å². The minimum atomic E-state index is -4.41. The Kier molecular flexibility index (Phi) is 6.42. The molecule has 0 N–H and O–H groups in total. The van der Waals surface area contributed by atoms with Crippen molar-refractivity contribution in [2.45, 2.75) is 44.6 Å². The number of benzene rings is 2. The first kappa shape index (κ1) is 22.6. The van der Waals surface area contributed by atoms with Crippen LogP contribution < -0.4 is 4.74 Å². The number of nitrogens with zero attached hydrogens (tertiary/aromatic N) is 2. The Balaban J connectivity index is 1.44. The summed E-state index contributed by atoms with van der Waals surface area (Å²) in [6, 6.07) is 10.0. The SMILES string of the molecule is COc1ccc(CN2CC[C@H]3[C@H](CCC(=O)N3Cc3cccc(C(F)(F)F)c3)C2)c(F)c1. The maximum absolute atomic E-state index is 14.4. The van der Waals surface area contributed by atoms with Crippen LogP contribution in [-0.2, 0) is 24.1 Å². The van der Waals surface area contributed by atoms with Gasteiger partial charge in [0, 0.05) is 50.3 Å². The summed E-state index contributed by atoms with van der Waals surface area (Å²) in [6.45, 7) is 2.07. The van der Waals surface area contributed by atoms with E-state index in [4.69, 9.17) is 4.74 Å². The monoisotopic (exact) mass is 450 g/mol. The van der Waals surface area contributed by atoms with Crippen molar-refractivity contribution >= 4 is 5.91 Å². The third-order valence-corrected chi connectivity index (χ3v) is 6.49. The highest BCUT2D eigenvalue weighted by atomic mass is 19.4. The minimum Gasteiger partial charge on any atom is -0.497 e. The zero-order chi connectivity index (χ0) is 22.9. The molecular weight excluding hydrogens is 424 g/mol. The Morgan fingerprint density at radius 1 is 1.09 bits per heavy atom. The molecular formula is C24H26F4N2O2. The number of piperidine rings is 2. The standard InChI is InChI=1S/C24H26F4N2O2/c1-32-20-7-5-17(21(25)12-20)14-29-10-9-22-18(15-29)6-8-23(31)30(22)13-16-3-2-4-19(11-16)24(26,27)28/h2-5,7,11-12,18,22H,6,8-10,13-15H2,1H3/t18-,22+/m1/s1. The highest BCUT2D eigenvalue weighted by molar-refractivity contribution is 5.77. The molecule has 2 heterocycles. The van der Waals surface area contributed by atoms with Gasteiger partial charge in [0.2, 0.25) is 5.91 Å². The third kappa shape index (κ3) is 4.90. The van der Waals surface area contributed by atoms with Gasteiger partial charge in [0.05, 0.1) is 12.7 Å². The summed E-state index contributed by atoms with van der Waals surface area (Å²) in [6.07, 6.45) is -2.57. The van der Waals surface area contributed by atoms with E-state index in [1.54, 1.807) is 23.1 Å². The van der Waals surface area contributed by atoms with Gasteiger partial charge in [0.1, 0.15) is 11.6 Å². The summed E-state index contributed by atoms with van der Waals surface area (Å²) in [4.78, 5) is 16.6. The Bertz CT molecular complexity index is 979. The first-order valence-electron chi connectivity index (χ1n) is 10.7. The number of halogens is 4. The molecule has 2 aliphatic heterocycles. The maximum atomic E-state index is 14.4. The van der Waals surface area contributed by atoms with Gasteiger partial charge in [0.15, 0.2) is 0 Å². The van der Waals surface area contributed by atoms with Crippen LogP contribution in [0.2, 0.25) is 0 Å². The van der Waals surface area contributed by atoms with Crippen LogP contribution in [0.25, 0.3) is 0 Å². The molecule has 0 radical (unpaired) electrons. The first-order valence-corrected chi connectivity index (χ1v) is 10.7. The van der Waals surface area contributed by atoms with Crippen molar-refractivity contribution in [1.29, 1.82) is 0 Å². The van der Waals surface area contributed by atoms with Gasteiger partial charge in [-0.15, -0.1) is 0 Å². The topological polar surface area (TPSA) is 32.8 Å². The number of methoxy groups -OCH3 is 1. The molecule has 2 fully saturated rings. The van der Waals surface area contributed by atoms with Crippen molar-refractivity contribution in [2.75, 3.05) is 20.2 Å². The van der Waals surface area contributed by atoms with Crippen LogP contribution in [0.15, 0.2) is 42.5 Å². The minimum absolute atomic E-state index is 0.0113. The van der Waals surface area contributed by atoms with Gasteiger partial charge in [-0.25, -0.2) is 4.39 Å². The average molecular weight is 450 g/mol. The van der Waals surface area contributed by atoms with E-state index >= 15 is 0 Å². The van der Waals surface area contributed by atoms with Gasteiger partial charge < -0.3 is 9.64 Å². The van der Waals surface area contributed by atoms with Crippen molar-refractivity contribution in [3.63, 3.8) is 0 Å². The molecule has 32 heavy (non-hydrogen) atoms. The van der Waals surface area contributed by atoms with E-state index in [1.165, 1.54) is 19.2 Å². The second-order valence-corrected chi connectivity index (χ2v) is 8.57.